The fourth-order valence-electron chi connectivity index (χ4n) is 2.21. The summed E-state index contributed by atoms with van der Waals surface area (Å²) >= 11 is 0. The Morgan fingerprint density at radius 1 is 1.00 bits per heavy atom. The van der Waals surface area contributed by atoms with Crippen molar-refractivity contribution in [3.63, 3.8) is 0 Å². The molecule has 2 aromatic carbocycles. The Kier molecular flexibility index (Phi) is 4.41. The monoisotopic (exact) mass is 268 g/mol. The molecule has 0 fully saturated rings. The first kappa shape index (κ1) is 14.1. The molecule has 0 aliphatic rings. The van der Waals surface area contributed by atoms with Crippen molar-refractivity contribution in [3.05, 3.63) is 54.6 Å². The zero-order chi connectivity index (χ0) is 14.5. The number of amides is 1. The van der Waals surface area contributed by atoms with E-state index in [9.17, 15) is 4.79 Å². The molecule has 0 aliphatic carbocycles. The molecule has 2 rings (SSSR count). The SMILES string of the molecule is CC(C)C(Nc1ccccc1-c1ccccc1)C(N)=O. The third-order valence-electron chi connectivity index (χ3n) is 3.30. The first-order chi connectivity index (χ1) is 9.59. The molecule has 0 heterocycles. The second-order valence-electron chi connectivity index (χ2n) is 5.18. The highest BCUT2D eigenvalue weighted by atomic mass is 16.1. The Morgan fingerprint density at radius 3 is 2.20 bits per heavy atom. The van der Waals surface area contributed by atoms with Gasteiger partial charge in [0.25, 0.3) is 0 Å². The van der Waals surface area contributed by atoms with Gasteiger partial charge >= 0.3 is 0 Å². The Bertz CT molecular complexity index is 579. The van der Waals surface area contributed by atoms with Crippen molar-refractivity contribution in [1.29, 1.82) is 0 Å². The van der Waals surface area contributed by atoms with Crippen LogP contribution in [0.3, 0.4) is 0 Å². The van der Waals surface area contributed by atoms with Crippen LogP contribution in [0.25, 0.3) is 11.1 Å². The predicted octanol–water partition coefficient (Wildman–Crippen LogP) is 3.28. The normalized spacial score (nSPS) is 12.2. The number of para-hydroxylation sites is 1. The molecular formula is C17H20N2O. The van der Waals surface area contributed by atoms with E-state index in [0.29, 0.717) is 0 Å². The predicted molar refractivity (Wildman–Crippen MR) is 83.3 cm³/mol. The number of rotatable bonds is 5. The van der Waals surface area contributed by atoms with Gasteiger partial charge in [0.15, 0.2) is 0 Å². The fraction of sp³-hybridized carbons (Fsp3) is 0.235. The fourth-order valence-corrected chi connectivity index (χ4v) is 2.21. The summed E-state index contributed by atoms with van der Waals surface area (Å²) in [6.07, 6.45) is 0. The molecule has 3 heteroatoms. The summed E-state index contributed by atoms with van der Waals surface area (Å²) in [5.41, 5.74) is 8.58. The highest BCUT2D eigenvalue weighted by Crippen LogP contribution is 2.28. The third-order valence-corrected chi connectivity index (χ3v) is 3.30. The molecule has 0 aromatic heterocycles. The molecule has 3 N–H and O–H groups in total. The minimum Gasteiger partial charge on any atom is -0.373 e. The second-order valence-corrected chi connectivity index (χ2v) is 5.18. The van der Waals surface area contributed by atoms with E-state index in [-0.39, 0.29) is 17.9 Å². The molecule has 2 aromatic rings. The van der Waals surface area contributed by atoms with E-state index in [2.05, 4.69) is 17.4 Å². The number of hydrogen-bond donors (Lipinski definition) is 2. The van der Waals surface area contributed by atoms with E-state index in [1.54, 1.807) is 0 Å². The summed E-state index contributed by atoms with van der Waals surface area (Å²) in [5, 5.41) is 3.27. The minimum absolute atomic E-state index is 0.135. The molecule has 0 saturated heterocycles. The molecule has 104 valence electrons. The van der Waals surface area contributed by atoms with Gasteiger partial charge in [0.05, 0.1) is 0 Å². The van der Waals surface area contributed by atoms with E-state index >= 15 is 0 Å². The molecule has 3 nitrogen and oxygen atoms in total. The van der Waals surface area contributed by atoms with E-state index in [4.69, 9.17) is 5.73 Å². The van der Waals surface area contributed by atoms with Crippen LogP contribution in [0.2, 0.25) is 0 Å². The second kappa shape index (κ2) is 6.24. The van der Waals surface area contributed by atoms with Crippen molar-refractivity contribution < 1.29 is 4.79 Å². The zero-order valence-corrected chi connectivity index (χ0v) is 11.8. The quantitative estimate of drug-likeness (QED) is 0.874. The average molecular weight is 268 g/mol. The summed E-state index contributed by atoms with van der Waals surface area (Å²) in [6.45, 7) is 3.96. The first-order valence-electron chi connectivity index (χ1n) is 6.80. The maximum Gasteiger partial charge on any atom is 0.240 e. The van der Waals surface area contributed by atoms with Gasteiger partial charge in [-0.25, -0.2) is 0 Å². The van der Waals surface area contributed by atoms with Crippen molar-refractivity contribution in [2.45, 2.75) is 19.9 Å². The summed E-state index contributed by atoms with van der Waals surface area (Å²) < 4.78 is 0. The number of hydrogen-bond acceptors (Lipinski definition) is 2. The lowest BCUT2D eigenvalue weighted by Crippen LogP contribution is -2.39. The van der Waals surface area contributed by atoms with Gasteiger partial charge in [-0.3, -0.25) is 4.79 Å². The Labute approximate surface area is 119 Å². The van der Waals surface area contributed by atoms with Gasteiger partial charge in [0.2, 0.25) is 5.91 Å². The molecule has 0 radical (unpaired) electrons. The zero-order valence-electron chi connectivity index (χ0n) is 11.8. The first-order valence-corrected chi connectivity index (χ1v) is 6.80. The summed E-state index contributed by atoms with van der Waals surface area (Å²) in [6, 6.07) is 17.7. The van der Waals surface area contributed by atoms with E-state index in [1.807, 2.05) is 56.3 Å². The van der Waals surface area contributed by atoms with Crippen molar-refractivity contribution >= 4 is 11.6 Å². The van der Waals surface area contributed by atoms with Crippen molar-refractivity contribution in [1.82, 2.24) is 0 Å². The van der Waals surface area contributed by atoms with Crippen LogP contribution in [-0.4, -0.2) is 11.9 Å². The summed E-state index contributed by atoms with van der Waals surface area (Å²) in [4.78, 5) is 11.6. The highest BCUT2D eigenvalue weighted by Gasteiger charge is 2.20. The van der Waals surface area contributed by atoms with E-state index in [1.165, 1.54) is 0 Å². The van der Waals surface area contributed by atoms with Crippen LogP contribution in [0, 0.1) is 5.92 Å². The Morgan fingerprint density at radius 2 is 1.60 bits per heavy atom. The number of primary amides is 1. The topological polar surface area (TPSA) is 55.1 Å². The van der Waals surface area contributed by atoms with Gasteiger partial charge in [0, 0.05) is 11.3 Å². The van der Waals surface area contributed by atoms with E-state index < -0.39 is 0 Å². The lowest BCUT2D eigenvalue weighted by atomic mass is 10.00. The van der Waals surface area contributed by atoms with Crippen LogP contribution in [-0.2, 0) is 4.79 Å². The lowest BCUT2D eigenvalue weighted by molar-refractivity contribution is -0.119. The summed E-state index contributed by atoms with van der Waals surface area (Å²) in [7, 11) is 0. The maximum atomic E-state index is 11.6. The molecule has 1 unspecified atom stereocenters. The Hall–Kier alpha value is -2.29. The molecule has 1 amide bonds. The van der Waals surface area contributed by atoms with Crippen LogP contribution in [0.5, 0.6) is 0 Å². The molecule has 0 bridgehead atoms. The smallest absolute Gasteiger partial charge is 0.240 e. The molecule has 0 aliphatic heterocycles. The number of anilines is 1. The largest absolute Gasteiger partial charge is 0.373 e. The van der Waals surface area contributed by atoms with Crippen molar-refractivity contribution in [2.75, 3.05) is 5.32 Å². The van der Waals surface area contributed by atoms with Crippen molar-refractivity contribution in [3.8, 4) is 11.1 Å². The lowest BCUT2D eigenvalue weighted by Gasteiger charge is -2.22. The van der Waals surface area contributed by atoms with Crippen molar-refractivity contribution in [2.24, 2.45) is 11.7 Å². The van der Waals surface area contributed by atoms with Crippen LogP contribution in [0.1, 0.15) is 13.8 Å². The van der Waals surface area contributed by atoms with Gasteiger partial charge in [-0.05, 0) is 17.5 Å². The molecule has 0 saturated carbocycles. The number of nitrogens with one attached hydrogen (secondary N) is 1. The number of nitrogens with two attached hydrogens (primary N) is 1. The number of carbonyl (C=O) groups excluding carboxylic acids is 1. The van der Waals surface area contributed by atoms with Gasteiger partial charge in [0.1, 0.15) is 6.04 Å². The Balaban J connectivity index is 2.36. The van der Waals surface area contributed by atoms with Gasteiger partial charge in [-0.15, -0.1) is 0 Å². The van der Waals surface area contributed by atoms with Gasteiger partial charge in [-0.2, -0.15) is 0 Å². The van der Waals surface area contributed by atoms with Crippen LogP contribution >= 0.6 is 0 Å². The molecule has 0 spiro atoms. The molecule has 20 heavy (non-hydrogen) atoms. The molecular weight excluding hydrogens is 248 g/mol. The average Bonchev–Trinajstić information content (AvgIpc) is 2.45. The third kappa shape index (κ3) is 3.18. The van der Waals surface area contributed by atoms with Crippen LogP contribution in [0.15, 0.2) is 54.6 Å². The molecule has 1 atom stereocenters. The standard InChI is InChI=1S/C17H20N2O/c1-12(2)16(17(18)20)19-15-11-7-6-10-14(15)13-8-4-3-5-9-13/h3-12,16,19H,1-2H3,(H2,18,20). The van der Waals surface area contributed by atoms with Crippen LogP contribution in [0.4, 0.5) is 5.69 Å². The van der Waals surface area contributed by atoms with Crippen LogP contribution < -0.4 is 11.1 Å². The highest BCUT2D eigenvalue weighted by molar-refractivity contribution is 5.86. The minimum atomic E-state index is -0.375. The number of benzene rings is 2. The summed E-state index contributed by atoms with van der Waals surface area (Å²) in [5.74, 6) is -0.195. The van der Waals surface area contributed by atoms with E-state index in [0.717, 1.165) is 16.8 Å². The maximum absolute atomic E-state index is 11.6. The van der Waals surface area contributed by atoms with Gasteiger partial charge in [-0.1, -0.05) is 62.4 Å². The number of carbonyl (C=O) groups is 1. The van der Waals surface area contributed by atoms with Gasteiger partial charge < -0.3 is 11.1 Å².